The van der Waals surface area contributed by atoms with E-state index in [1.807, 2.05) is 152 Å². The van der Waals surface area contributed by atoms with Crippen molar-refractivity contribution in [3.05, 3.63) is 204 Å². The van der Waals surface area contributed by atoms with Gasteiger partial charge in [0.2, 0.25) is 0 Å². The zero-order valence-electron chi connectivity index (χ0n) is 30.9. The molecular formula is C52H30N4O2. The van der Waals surface area contributed by atoms with Crippen LogP contribution in [0.25, 0.3) is 72.0 Å². The van der Waals surface area contributed by atoms with E-state index >= 15 is 4.79 Å². The quantitative estimate of drug-likeness (QED) is 0.159. The lowest BCUT2D eigenvalue weighted by Crippen LogP contribution is -2.30. The summed E-state index contributed by atoms with van der Waals surface area (Å²) in [7, 11) is 0. The minimum absolute atomic E-state index is 0.336. The summed E-state index contributed by atoms with van der Waals surface area (Å²) in [4.78, 5) is 31.0. The van der Waals surface area contributed by atoms with E-state index in [1.165, 1.54) is 4.90 Å². The van der Waals surface area contributed by atoms with Gasteiger partial charge in [-0.3, -0.25) is 9.59 Å². The summed E-state index contributed by atoms with van der Waals surface area (Å²) < 4.78 is 2.09. The summed E-state index contributed by atoms with van der Waals surface area (Å²) in [6.07, 6.45) is 0. The fourth-order valence-electron chi connectivity index (χ4n) is 8.18. The van der Waals surface area contributed by atoms with Crippen LogP contribution in [0.15, 0.2) is 182 Å². The highest BCUT2D eigenvalue weighted by Crippen LogP contribution is 2.43. The number of aromatic nitrogens is 1. The van der Waals surface area contributed by atoms with Crippen LogP contribution in [0.2, 0.25) is 0 Å². The average Bonchev–Trinajstić information content (AvgIpc) is 3.75. The Labute approximate surface area is 334 Å². The van der Waals surface area contributed by atoms with Crippen molar-refractivity contribution in [1.29, 1.82) is 10.5 Å². The lowest BCUT2D eigenvalue weighted by atomic mass is 9.97. The molecule has 2 heterocycles. The van der Waals surface area contributed by atoms with Gasteiger partial charge in [0, 0.05) is 16.3 Å². The second-order valence-electron chi connectivity index (χ2n) is 14.3. The molecule has 0 N–H and O–H groups in total. The molecular weight excluding hydrogens is 713 g/mol. The molecule has 0 saturated carbocycles. The molecule has 0 bridgehead atoms. The molecule has 0 fully saturated rings. The fourth-order valence-corrected chi connectivity index (χ4v) is 8.18. The van der Waals surface area contributed by atoms with Crippen LogP contribution in [0.4, 0.5) is 5.69 Å². The highest BCUT2D eigenvalue weighted by molar-refractivity contribution is 6.36. The standard InChI is InChI=1S/C52H30N4O2/c53-31-33-14-18-36(19-15-33)39-23-26-46-44(28-39)45-29-40(37-20-16-34(32-54)17-21-37)24-27-47(45)55(46)48-13-7-12-43-50(48)52(58)56(51(43)57)49-30-41(35-8-3-1-4-9-35)22-25-42(49)38-10-5-2-6-11-38/h1-30H. The molecule has 10 rings (SSSR count). The number of hydrogen-bond acceptors (Lipinski definition) is 4. The van der Waals surface area contributed by atoms with Crippen molar-refractivity contribution in [2.45, 2.75) is 0 Å². The van der Waals surface area contributed by atoms with Crippen LogP contribution in [0.1, 0.15) is 31.8 Å². The van der Waals surface area contributed by atoms with E-state index in [4.69, 9.17) is 0 Å². The smallest absolute Gasteiger partial charge is 0.268 e. The summed E-state index contributed by atoms with van der Waals surface area (Å²) in [5.41, 5.74) is 12.1. The Kier molecular flexibility index (Phi) is 8.11. The second-order valence-corrected chi connectivity index (χ2v) is 14.3. The summed E-state index contributed by atoms with van der Waals surface area (Å²) in [6.45, 7) is 0. The van der Waals surface area contributed by atoms with Crippen LogP contribution in [0.5, 0.6) is 0 Å². The maximum atomic E-state index is 15.1. The third-order valence-corrected chi connectivity index (χ3v) is 11.0. The van der Waals surface area contributed by atoms with Gasteiger partial charge in [-0.05, 0) is 106 Å². The molecule has 1 aliphatic rings. The Hall–Kier alpha value is -8.32. The number of carbonyl (C=O) groups excluding carboxylic acids is 2. The normalized spacial score (nSPS) is 12.1. The molecule has 2 amide bonds. The first-order chi connectivity index (χ1) is 28.5. The molecule has 9 aromatic rings. The molecule has 0 unspecified atom stereocenters. The van der Waals surface area contributed by atoms with Gasteiger partial charge >= 0.3 is 0 Å². The molecule has 1 aromatic heterocycles. The number of anilines is 1. The molecule has 58 heavy (non-hydrogen) atoms. The van der Waals surface area contributed by atoms with E-state index in [9.17, 15) is 15.3 Å². The molecule has 6 heteroatoms. The highest BCUT2D eigenvalue weighted by atomic mass is 16.2. The van der Waals surface area contributed by atoms with E-state index in [2.05, 4.69) is 41.0 Å². The number of nitrogens with zero attached hydrogens (tertiary/aromatic N) is 4. The van der Waals surface area contributed by atoms with Crippen molar-refractivity contribution < 1.29 is 9.59 Å². The van der Waals surface area contributed by atoms with E-state index < -0.39 is 5.91 Å². The summed E-state index contributed by atoms with van der Waals surface area (Å²) in [6, 6.07) is 63.1. The predicted molar refractivity (Wildman–Crippen MR) is 230 cm³/mol. The van der Waals surface area contributed by atoms with E-state index in [0.29, 0.717) is 33.6 Å². The van der Waals surface area contributed by atoms with Crippen molar-refractivity contribution in [2.75, 3.05) is 4.90 Å². The molecule has 8 aromatic carbocycles. The van der Waals surface area contributed by atoms with Crippen molar-refractivity contribution in [3.8, 4) is 62.3 Å². The van der Waals surface area contributed by atoms with Gasteiger partial charge in [-0.1, -0.05) is 115 Å². The maximum absolute atomic E-state index is 15.1. The van der Waals surface area contributed by atoms with Crippen molar-refractivity contribution in [3.63, 3.8) is 0 Å². The molecule has 0 saturated heterocycles. The SMILES string of the molecule is N#Cc1ccc(-c2ccc3c(c2)c2cc(-c4ccc(C#N)cc4)ccc2n3-c2cccc3c2C(=O)N(c2cc(-c4ccccc4)ccc2-c2ccccc2)C3=O)cc1. The number of nitriles is 2. The Balaban J connectivity index is 1.17. The van der Waals surface area contributed by atoms with Gasteiger partial charge in [-0.2, -0.15) is 10.5 Å². The van der Waals surface area contributed by atoms with Gasteiger partial charge in [-0.25, -0.2) is 4.90 Å². The number of amides is 2. The largest absolute Gasteiger partial charge is 0.308 e. The Morgan fingerprint density at radius 3 is 1.41 bits per heavy atom. The van der Waals surface area contributed by atoms with Crippen LogP contribution in [-0.2, 0) is 0 Å². The van der Waals surface area contributed by atoms with Gasteiger partial charge < -0.3 is 4.57 Å². The summed E-state index contributed by atoms with van der Waals surface area (Å²) in [5.74, 6) is -0.771. The molecule has 1 aliphatic heterocycles. The van der Waals surface area contributed by atoms with Crippen molar-refractivity contribution >= 4 is 39.3 Å². The summed E-state index contributed by atoms with van der Waals surface area (Å²) >= 11 is 0. The number of rotatable bonds is 6. The zero-order valence-corrected chi connectivity index (χ0v) is 30.9. The molecule has 270 valence electrons. The molecule has 0 atom stereocenters. The first-order valence-corrected chi connectivity index (χ1v) is 18.9. The van der Waals surface area contributed by atoms with E-state index in [0.717, 1.165) is 66.3 Å². The predicted octanol–water partition coefficient (Wildman–Crippen LogP) is 12.0. The van der Waals surface area contributed by atoms with Gasteiger partial charge in [0.1, 0.15) is 0 Å². The number of benzene rings is 8. The third-order valence-electron chi connectivity index (χ3n) is 11.0. The number of carbonyl (C=O) groups is 2. The van der Waals surface area contributed by atoms with Gasteiger partial charge in [-0.15, -0.1) is 0 Å². The zero-order chi connectivity index (χ0) is 39.3. The molecule has 0 radical (unpaired) electrons. The molecule has 0 aliphatic carbocycles. The maximum Gasteiger partial charge on any atom is 0.268 e. The lowest BCUT2D eigenvalue weighted by Gasteiger charge is -2.20. The van der Waals surface area contributed by atoms with Crippen LogP contribution in [0, 0.1) is 22.7 Å². The van der Waals surface area contributed by atoms with Crippen molar-refractivity contribution in [2.24, 2.45) is 0 Å². The monoisotopic (exact) mass is 742 g/mol. The first kappa shape index (κ1) is 34.2. The average molecular weight is 743 g/mol. The van der Waals surface area contributed by atoms with Crippen LogP contribution in [0.3, 0.4) is 0 Å². The van der Waals surface area contributed by atoms with Crippen LogP contribution in [-0.4, -0.2) is 16.4 Å². The van der Waals surface area contributed by atoms with Gasteiger partial charge in [0.15, 0.2) is 0 Å². The minimum Gasteiger partial charge on any atom is -0.308 e. The number of hydrogen-bond donors (Lipinski definition) is 0. The molecule has 6 nitrogen and oxygen atoms in total. The Bertz CT molecular complexity index is 3090. The third kappa shape index (κ3) is 5.56. The number of imide groups is 1. The van der Waals surface area contributed by atoms with E-state index in [-0.39, 0.29) is 5.91 Å². The Morgan fingerprint density at radius 1 is 0.379 bits per heavy atom. The Morgan fingerprint density at radius 2 is 0.862 bits per heavy atom. The highest BCUT2D eigenvalue weighted by Gasteiger charge is 2.40. The van der Waals surface area contributed by atoms with Crippen LogP contribution < -0.4 is 4.90 Å². The van der Waals surface area contributed by atoms with Crippen molar-refractivity contribution in [1.82, 2.24) is 4.57 Å². The second kappa shape index (κ2) is 13.8. The van der Waals surface area contributed by atoms with E-state index in [1.54, 1.807) is 6.07 Å². The van der Waals surface area contributed by atoms with Gasteiger partial charge in [0.05, 0.1) is 56.8 Å². The number of fused-ring (bicyclic) bond motifs is 4. The minimum atomic E-state index is -0.392. The summed E-state index contributed by atoms with van der Waals surface area (Å²) in [5, 5.41) is 20.7. The fraction of sp³-hybridized carbons (Fsp3) is 0. The van der Waals surface area contributed by atoms with Crippen LogP contribution >= 0.6 is 0 Å². The first-order valence-electron chi connectivity index (χ1n) is 18.9. The molecule has 0 spiro atoms. The lowest BCUT2D eigenvalue weighted by molar-refractivity contribution is 0.0926. The topological polar surface area (TPSA) is 89.9 Å². The van der Waals surface area contributed by atoms with Gasteiger partial charge in [0.25, 0.3) is 11.8 Å².